The van der Waals surface area contributed by atoms with Crippen molar-refractivity contribution >= 4 is 21.8 Å². The van der Waals surface area contributed by atoms with Gasteiger partial charge in [0.1, 0.15) is 0 Å². The summed E-state index contributed by atoms with van der Waals surface area (Å²) in [5, 5.41) is -0.362. The van der Waals surface area contributed by atoms with Crippen LogP contribution >= 0.6 is 0 Å². The molecule has 4 heteroatoms. The molecule has 0 saturated carbocycles. The van der Waals surface area contributed by atoms with E-state index in [1.807, 2.05) is 115 Å². The minimum atomic E-state index is -0.707. The lowest BCUT2D eigenvalue weighted by Crippen LogP contribution is -2.05. The molecule has 0 saturated heterocycles. The first-order valence-electron chi connectivity index (χ1n) is 25.6. The monoisotopic (exact) mass is 790 g/mol. The van der Waals surface area contributed by atoms with E-state index in [2.05, 4.69) is 36.4 Å². The van der Waals surface area contributed by atoms with Gasteiger partial charge in [-0.15, -0.1) is 0 Å². The SMILES string of the molecule is [2H]c1c([2H])c([2H])c(-c2c([2H])c([2H])c3c(c2[2H])c2c([2H])c([2H])c([2H])c([2H])c2n3-c2c(-c3ccc(-c4ccc(-c5ccccc5)cc4)cc3)cccc2-c2nc(-c3ccccc3)nc(-c3ccccc3)n2)c([2H])c1[2H]. The summed E-state index contributed by atoms with van der Waals surface area (Å²) in [6.07, 6.45) is 0. The van der Waals surface area contributed by atoms with Crippen LogP contribution in [0.5, 0.6) is 0 Å². The summed E-state index contributed by atoms with van der Waals surface area (Å²) < 4.78 is 111. The van der Waals surface area contributed by atoms with Gasteiger partial charge in [-0.3, -0.25) is 0 Å². The Bertz CT molecular complexity index is 3930. The van der Waals surface area contributed by atoms with E-state index in [0.717, 1.165) is 22.3 Å². The van der Waals surface area contributed by atoms with Gasteiger partial charge in [0.05, 0.1) is 33.2 Å². The van der Waals surface area contributed by atoms with Crippen molar-refractivity contribution in [3.05, 3.63) is 230 Å². The third-order valence-electron chi connectivity index (χ3n) is 10.6. The molecule has 0 radical (unpaired) electrons. The smallest absolute Gasteiger partial charge is 0.166 e. The molecule has 0 atom stereocenters. The molecule has 11 aromatic rings. The summed E-state index contributed by atoms with van der Waals surface area (Å²) in [4.78, 5) is 15.1. The third kappa shape index (κ3) is 6.76. The number of para-hydroxylation sites is 2. The van der Waals surface area contributed by atoms with Crippen LogP contribution in [0.3, 0.4) is 0 Å². The number of hydrogen-bond donors (Lipinski definition) is 0. The van der Waals surface area contributed by atoms with Crippen LogP contribution in [-0.4, -0.2) is 19.5 Å². The Hall–Kier alpha value is -8.21. The molecule has 9 aromatic carbocycles. The van der Waals surface area contributed by atoms with E-state index in [0.29, 0.717) is 39.5 Å². The molecule has 0 fully saturated rings. The van der Waals surface area contributed by atoms with Gasteiger partial charge in [-0.2, -0.15) is 0 Å². The lowest BCUT2D eigenvalue weighted by atomic mass is 9.95. The van der Waals surface area contributed by atoms with Crippen LogP contribution in [-0.2, 0) is 0 Å². The summed E-state index contributed by atoms with van der Waals surface area (Å²) >= 11 is 0. The topological polar surface area (TPSA) is 43.6 Å². The van der Waals surface area contributed by atoms with E-state index in [-0.39, 0.29) is 33.3 Å². The largest absolute Gasteiger partial charge is 0.308 e. The molecule has 0 N–H and O–H groups in total. The van der Waals surface area contributed by atoms with Crippen LogP contribution in [0.25, 0.3) is 106 Å². The maximum atomic E-state index is 9.87. The Morgan fingerprint density at radius 3 is 1.39 bits per heavy atom. The molecule has 286 valence electrons. The number of hydrogen-bond acceptors (Lipinski definition) is 3. The maximum absolute atomic E-state index is 9.87. The third-order valence-corrected chi connectivity index (χ3v) is 10.6. The molecular weight excluding hydrogens is 741 g/mol. The molecule has 61 heavy (non-hydrogen) atoms. The quantitative estimate of drug-likeness (QED) is 0.154. The van der Waals surface area contributed by atoms with E-state index in [1.165, 1.54) is 4.57 Å². The molecule has 2 aromatic heterocycles. The first-order chi connectivity index (χ1) is 35.2. The predicted molar refractivity (Wildman–Crippen MR) is 252 cm³/mol. The number of aromatic nitrogens is 4. The van der Waals surface area contributed by atoms with Crippen LogP contribution in [0.1, 0.15) is 16.4 Å². The molecule has 0 aliphatic heterocycles. The van der Waals surface area contributed by atoms with Crippen LogP contribution in [0, 0.1) is 0 Å². The Kier molecular flexibility index (Phi) is 6.44. The minimum Gasteiger partial charge on any atom is -0.308 e. The summed E-state index contributed by atoms with van der Waals surface area (Å²) in [6, 6.07) is 42.6. The van der Waals surface area contributed by atoms with Crippen molar-refractivity contribution in [3.63, 3.8) is 0 Å². The van der Waals surface area contributed by atoms with Gasteiger partial charge in [0, 0.05) is 33.0 Å². The number of fused-ring (bicyclic) bond motifs is 3. The average molecular weight is 791 g/mol. The van der Waals surface area contributed by atoms with Crippen LogP contribution < -0.4 is 0 Å². The van der Waals surface area contributed by atoms with E-state index >= 15 is 0 Å². The van der Waals surface area contributed by atoms with Crippen molar-refractivity contribution in [1.29, 1.82) is 0 Å². The van der Waals surface area contributed by atoms with Gasteiger partial charge < -0.3 is 4.57 Å². The molecule has 4 nitrogen and oxygen atoms in total. The minimum absolute atomic E-state index is 0.134. The van der Waals surface area contributed by atoms with E-state index < -0.39 is 83.6 Å². The fourth-order valence-corrected chi connectivity index (χ4v) is 7.69. The first kappa shape index (κ1) is 25.3. The van der Waals surface area contributed by atoms with Gasteiger partial charge in [0.15, 0.2) is 17.5 Å². The zero-order chi connectivity index (χ0) is 51.0. The van der Waals surface area contributed by atoms with Crippen molar-refractivity contribution in [2.45, 2.75) is 0 Å². The highest BCUT2D eigenvalue weighted by molar-refractivity contribution is 6.11. The van der Waals surface area contributed by atoms with Crippen LogP contribution in [0.4, 0.5) is 0 Å². The van der Waals surface area contributed by atoms with Crippen molar-refractivity contribution in [1.82, 2.24) is 19.5 Å². The van der Waals surface area contributed by atoms with E-state index in [9.17, 15) is 6.85 Å². The lowest BCUT2D eigenvalue weighted by molar-refractivity contribution is 1.06. The highest BCUT2D eigenvalue weighted by Crippen LogP contribution is 2.42. The maximum Gasteiger partial charge on any atom is 0.166 e. The second-order valence-corrected chi connectivity index (χ2v) is 14.3. The fourth-order valence-electron chi connectivity index (χ4n) is 7.69. The molecule has 0 aliphatic rings. The van der Waals surface area contributed by atoms with Crippen molar-refractivity contribution in [3.8, 4) is 84.4 Å². The molecule has 2 heterocycles. The molecule has 0 aliphatic carbocycles. The van der Waals surface area contributed by atoms with Gasteiger partial charge >= 0.3 is 0 Å². The normalized spacial score (nSPS) is 14.0. The van der Waals surface area contributed by atoms with Crippen LogP contribution in [0.15, 0.2) is 230 Å². The predicted octanol–water partition coefficient (Wildman–Crippen LogP) is 14.6. The van der Waals surface area contributed by atoms with Gasteiger partial charge in [0.25, 0.3) is 0 Å². The number of nitrogens with zero attached hydrogens (tertiary/aromatic N) is 4. The summed E-state index contributed by atoms with van der Waals surface area (Å²) in [7, 11) is 0. The van der Waals surface area contributed by atoms with Crippen molar-refractivity contribution in [2.24, 2.45) is 0 Å². The molecular formula is C57H38N4. The second kappa shape index (κ2) is 15.5. The first-order valence-corrected chi connectivity index (χ1v) is 19.6. The average Bonchev–Trinajstić information content (AvgIpc) is 3.80. The zero-order valence-electron chi connectivity index (χ0n) is 44.3. The number of benzene rings is 9. The van der Waals surface area contributed by atoms with Crippen molar-refractivity contribution < 1.29 is 16.4 Å². The highest BCUT2D eigenvalue weighted by atomic mass is 15.1. The van der Waals surface area contributed by atoms with Crippen LogP contribution in [0.2, 0.25) is 0 Å². The molecule has 0 bridgehead atoms. The van der Waals surface area contributed by atoms with Crippen molar-refractivity contribution in [2.75, 3.05) is 0 Å². The molecule has 0 spiro atoms. The van der Waals surface area contributed by atoms with Gasteiger partial charge in [0.2, 0.25) is 0 Å². The van der Waals surface area contributed by atoms with E-state index in [1.54, 1.807) is 6.07 Å². The molecule has 0 unspecified atom stereocenters. The lowest BCUT2D eigenvalue weighted by Gasteiger charge is -2.19. The van der Waals surface area contributed by atoms with Gasteiger partial charge in [-0.25, -0.2) is 15.0 Å². The Morgan fingerprint density at radius 1 is 0.311 bits per heavy atom. The Morgan fingerprint density at radius 2 is 0.787 bits per heavy atom. The van der Waals surface area contributed by atoms with Gasteiger partial charge in [-0.05, 0) is 63.1 Å². The standard InChI is InChI=1S/C57H38N4/c1-5-16-39(17-6-1)41-28-30-42(31-29-41)43-32-34-44(35-33-43)48-25-15-26-50(57-59-55(45-20-9-3-10-21-45)58-56(60-57)46-22-11-4-12-23-46)54(48)61-52-27-14-13-24-49(52)51-38-47(36-37-53(51)61)40-18-7-2-8-19-40/h1-38H/i2D,7D,8D,13D,14D,18D,19D,24D,27D,36D,37D,38D. The Balaban J connectivity index is 1.25. The molecule has 0 amide bonds. The summed E-state index contributed by atoms with van der Waals surface area (Å²) in [6.45, 7) is 0. The zero-order valence-corrected chi connectivity index (χ0v) is 32.3. The fraction of sp³-hybridized carbons (Fsp3) is 0. The second-order valence-electron chi connectivity index (χ2n) is 14.3. The van der Waals surface area contributed by atoms with E-state index in [4.69, 9.17) is 24.5 Å². The van der Waals surface area contributed by atoms with Gasteiger partial charge in [-0.1, -0.05) is 206 Å². The summed E-state index contributed by atoms with van der Waals surface area (Å²) in [5.41, 5.74) is 5.92. The highest BCUT2D eigenvalue weighted by Gasteiger charge is 2.23. The summed E-state index contributed by atoms with van der Waals surface area (Å²) in [5.74, 6) is 0.827. The number of rotatable bonds is 8. The Labute approximate surface area is 371 Å². The molecule has 11 rings (SSSR count).